The van der Waals surface area contributed by atoms with E-state index in [2.05, 4.69) is 10.6 Å². The first-order valence-electron chi connectivity index (χ1n) is 9.48. The van der Waals surface area contributed by atoms with Crippen LogP contribution in [-0.4, -0.2) is 25.9 Å². The van der Waals surface area contributed by atoms with Crippen molar-refractivity contribution in [2.75, 3.05) is 24.3 Å². The van der Waals surface area contributed by atoms with Crippen molar-refractivity contribution in [3.8, 4) is 0 Å². The number of rotatable bonds is 6. The first kappa shape index (κ1) is 20.1. The average Bonchev–Trinajstić information content (AvgIpc) is 2.74. The lowest BCUT2D eigenvalue weighted by atomic mass is 10.1. The number of carbonyl (C=O) groups is 2. The summed E-state index contributed by atoms with van der Waals surface area (Å²) in [5.74, 6) is -0.389. The molecule has 1 unspecified atom stereocenters. The number of hydrogen-bond donors (Lipinski definition) is 2. The molecule has 0 aliphatic rings. The molecule has 3 rings (SSSR count). The molecule has 3 aromatic rings. The Morgan fingerprint density at radius 1 is 0.759 bits per heavy atom. The van der Waals surface area contributed by atoms with E-state index in [4.69, 9.17) is 0 Å². The molecule has 0 saturated carbocycles. The van der Waals surface area contributed by atoms with Gasteiger partial charge in [-0.1, -0.05) is 30.3 Å². The molecule has 2 amide bonds. The highest BCUT2D eigenvalue weighted by Crippen LogP contribution is 2.17. The summed E-state index contributed by atoms with van der Waals surface area (Å²) in [5, 5.41) is 5.84. The molecule has 3 aromatic carbocycles. The second-order valence-corrected chi connectivity index (χ2v) is 7.08. The summed E-state index contributed by atoms with van der Waals surface area (Å²) in [6.45, 7) is 1.94. The first-order valence-corrected chi connectivity index (χ1v) is 9.48. The third-order valence-corrected chi connectivity index (χ3v) is 4.70. The SMILES string of the molecule is CC(NC(=O)c1ccc(C(=O)Nc2ccc(N(C)C)cc2)cc1)c1ccccc1. The molecular formula is C24H25N3O2. The molecule has 0 aromatic heterocycles. The molecule has 5 heteroatoms. The van der Waals surface area contributed by atoms with E-state index in [1.165, 1.54) is 0 Å². The van der Waals surface area contributed by atoms with Gasteiger partial charge in [0.05, 0.1) is 6.04 Å². The van der Waals surface area contributed by atoms with Crippen molar-refractivity contribution in [3.05, 3.63) is 95.6 Å². The van der Waals surface area contributed by atoms with Crippen LogP contribution >= 0.6 is 0 Å². The maximum absolute atomic E-state index is 12.5. The van der Waals surface area contributed by atoms with Crippen molar-refractivity contribution < 1.29 is 9.59 Å². The van der Waals surface area contributed by atoms with Gasteiger partial charge in [-0.2, -0.15) is 0 Å². The Bertz CT molecular complexity index is 965. The Morgan fingerprint density at radius 2 is 1.31 bits per heavy atom. The zero-order valence-electron chi connectivity index (χ0n) is 16.8. The van der Waals surface area contributed by atoms with E-state index < -0.39 is 0 Å². The molecule has 0 radical (unpaired) electrons. The van der Waals surface area contributed by atoms with E-state index in [1.807, 2.05) is 80.5 Å². The van der Waals surface area contributed by atoms with E-state index >= 15 is 0 Å². The molecule has 148 valence electrons. The normalized spacial score (nSPS) is 11.4. The smallest absolute Gasteiger partial charge is 0.255 e. The van der Waals surface area contributed by atoms with Gasteiger partial charge in [0.25, 0.3) is 11.8 Å². The summed E-state index contributed by atoms with van der Waals surface area (Å²) in [5.41, 5.74) is 3.83. The molecule has 0 spiro atoms. The Labute approximate surface area is 171 Å². The highest BCUT2D eigenvalue weighted by molar-refractivity contribution is 6.05. The van der Waals surface area contributed by atoms with Gasteiger partial charge in [-0.05, 0) is 61.0 Å². The monoisotopic (exact) mass is 387 g/mol. The number of nitrogens with one attached hydrogen (secondary N) is 2. The van der Waals surface area contributed by atoms with Crippen molar-refractivity contribution >= 4 is 23.2 Å². The number of anilines is 2. The standard InChI is InChI=1S/C24H25N3O2/c1-17(18-7-5-4-6-8-18)25-23(28)19-9-11-20(12-10-19)24(29)26-21-13-15-22(16-14-21)27(2)3/h4-17H,1-3H3,(H,25,28)(H,26,29). The fourth-order valence-electron chi connectivity index (χ4n) is 2.92. The molecular weight excluding hydrogens is 362 g/mol. The molecule has 2 N–H and O–H groups in total. The Morgan fingerprint density at radius 3 is 1.86 bits per heavy atom. The second kappa shape index (κ2) is 9.06. The second-order valence-electron chi connectivity index (χ2n) is 7.08. The maximum Gasteiger partial charge on any atom is 0.255 e. The molecule has 0 fully saturated rings. The first-order chi connectivity index (χ1) is 13.9. The molecule has 5 nitrogen and oxygen atoms in total. The van der Waals surface area contributed by atoms with Crippen LogP contribution in [0, 0.1) is 0 Å². The van der Waals surface area contributed by atoms with Crippen LogP contribution in [0.15, 0.2) is 78.9 Å². The van der Waals surface area contributed by atoms with Crippen LogP contribution in [0.3, 0.4) is 0 Å². The van der Waals surface area contributed by atoms with Crippen LogP contribution in [0.2, 0.25) is 0 Å². The van der Waals surface area contributed by atoms with E-state index in [0.717, 1.165) is 16.9 Å². The quantitative estimate of drug-likeness (QED) is 0.655. The topological polar surface area (TPSA) is 61.4 Å². The number of carbonyl (C=O) groups excluding carboxylic acids is 2. The minimum absolute atomic E-state index is 0.100. The van der Waals surface area contributed by atoms with Gasteiger partial charge in [0.15, 0.2) is 0 Å². The lowest BCUT2D eigenvalue weighted by molar-refractivity contribution is 0.0938. The predicted molar refractivity (Wildman–Crippen MR) is 117 cm³/mol. The third kappa shape index (κ3) is 5.23. The maximum atomic E-state index is 12.5. The summed E-state index contributed by atoms with van der Waals surface area (Å²) < 4.78 is 0. The molecule has 0 heterocycles. The van der Waals surface area contributed by atoms with Crippen LogP contribution in [-0.2, 0) is 0 Å². The van der Waals surface area contributed by atoms with Crippen LogP contribution in [0.4, 0.5) is 11.4 Å². The Kier molecular flexibility index (Phi) is 6.29. The van der Waals surface area contributed by atoms with E-state index in [1.54, 1.807) is 24.3 Å². The predicted octanol–water partition coefficient (Wildman–Crippen LogP) is 4.50. The lowest BCUT2D eigenvalue weighted by Crippen LogP contribution is -2.26. The molecule has 0 saturated heterocycles. The number of nitrogens with zero attached hydrogens (tertiary/aromatic N) is 1. The number of hydrogen-bond acceptors (Lipinski definition) is 3. The van der Waals surface area contributed by atoms with Crippen LogP contribution < -0.4 is 15.5 Å². The molecule has 0 bridgehead atoms. The van der Waals surface area contributed by atoms with Gasteiger partial charge in [-0.15, -0.1) is 0 Å². The van der Waals surface area contributed by atoms with E-state index in [0.29, 0.717) is 11.1 Å². The van der Waals surface area contributed by atoms with Crippen LogP contribution in [0.25, 0.3) is 0 Å². The van der Waals surface area contributed by atoms with Crippen molar-refractivity contribution in [2.24, 2.45) is 0 Å². The zero-order chi connectivity index (χ0) is 20.8. The molecule has 0 aliphatic heterocycles. The summed E-state index contributed by atoms with van der Waals surface area (Å²) in [4.78, 5) is 26.9. The third-order valence-electron chi connectivity index (χ3n) is 4.70. The van der Waals surface area contributed by atoms with Gasteiger partial charge in [-0.3, -0.25) is 9.59 Å². The number of amides is 2. The van der Waals surface area contributed by atoms with Gasteiger partial charge in [0.1, 0.15) is 0 Å². The summed E-state index contributed by atoms with van der Waals surface area (Å²) >= 11 is 0. The van der Waals surface area contributed by atoms with E-state index in [9.17, 15) is 9.59 Å². The van der Waals surface area contributed by atoms with Crippen molar-refractivity contribution in [1.82, 2.24) is 5.32 Å². The minimum Gasteiger partial charge on any atom is -0.378 e. The lowest BCUT2D eigenvalue weighted by Gasteiger charge is -2.14. The van der Waals surface area contributed by atoms with Crippen LogP contribution in [0.5, 0.6) is 0 Å². The van der Waals surface area contributed by atoms with Gasteiger partial charge in [0, 0.05) is 36.6 Å². The summed E-state index contributed by atoms with van der Waals surface area (Å²) in [7, 11) is 3.93. The van der Waals surface area contributed by atoms with Gasteiger partial charge in [0.2, 0.25) is 0 Å². The zero-order valence-corrected chi connectivity index (χ0v) is 16.8. The average molecular weight is 387 g/mol. The van der Waals surface area contributed by atoms with Gasteiger partial charge < -0.3 is 15.5 Å². The summed E-state index contributed by atoms with van der Waals surface area (Å²) in [6.07, 6.45) is 0. The molecule has 29 heavy (non-hydrogen) atoms. The Balaban J connectivity index is 1.61. The largest absolute Gasteiger partial charge is 0.378 e. The highest BCUT2D eigenvalue weighted by Gasteiger charge is 2.12. The minimum atomic E-state index is -0.216. The van der Waals surface area contributed by atoms with E-state index in [-0.39, 0.29) is 17.9 Å². The molecule has 0 aliphatic carbocycles. The number of benzene rings is 3. The van der Waals surface area contributed by atoms with Crippen molar-refractivity contribution in [3.63, 3.8) is 0 Å². The molecule has 1 atom stereocenters. The van der Waals surface area contributed by atoms with Crippen molar-refractivity contribution in [2.45, 2.75) is 13.0 Å². The summed E-state index contributed by atoms with van der Waals surface area (Å²) in [6, 6.07) is 23.9. The van der Waals surface area contributed by atoms with Gasteiger partial charge in [-0.25, -0.2) is 0 Å². The highest BCUT2D eigenvalue weighted by atomic mass is 16.2. The van der Waals surface area contributed by atoms with Gasteiger partial charge >= 0.3 is 0 Å². The fourth-order valence-corrected chi connectivity index (χ4v) is 2.92. The van der Waals surface area contributed by atoms with Crippen LogP contribution in [0.1, 0.15) is 39.2 Å². The fraction of sp³-hybridized carbons (Fsp3) is 0.167. The Hall–Kier alpha value is -3.60. The van der Waals surface area contributed by atoms with Crippen molar-refractivity contribution in [1.29, 1.82) is 0 Å².